The molecule has 5 nitrogen and oxygen atoms in total. The third-order valence-electron chi connectivity index (χ3n) is 5.70. The second kappa shape index (κ2) is 5.62. The Hall–Kier alpha value is -1.25. The molecule has 0 aromatic carbocycles. The third kappa shape index (κ3) is 2.34. The van der Waals surface area contributed by atoms with E-state index in [-0.39, 0.29) is 6.10 Å². The molecule has 5 atom stereocenters. The maximum Gasteiger partial charge on any atom is 0.349 e. The molecule has 0 aliphatic carbocycles. The molecule has 3 fully saturated rings. The number of rotatable bonds is 4. The van der Waals surface area contributed by atoms with Gasteiger partial charge in [-0.25, -0.2) is 4.79 Å². The van der Waals surface area contributed by atoms with Gasteiger partial charge in [0.1, 0.15) is 18.3 Å². The summed E-state index contributed by atoms with van der Waals surface area (Å²) in [6.07, 6.45) is 1.97. The molecule has 5 rings (SSSR count). The zero-order chi connectivity index (χ0) is 17.2. The summed E-state index contributed by atoms with van der Waals surface area (Å²) >= 11 is 2.73. The molecule has 0 radical (unpaired) electrons. The third-order valence-corrected chi connectivity index (χ3v) is 7.66. The van der Waals surface area contributed by atoms with Crippen LogP contribution >= 0.6 is 22.7 Å². The van der Waals surface area contributed by atoms with Crippen molar-refractivity contribution >= 4 is 28.6 Å². The number of morpholine rings is 1. The topological polar surface area (TPSA) is 62.3 Å². The fraction of sp³-hybridized carbons (Fsp3) is 0.500. The van der Waals surface area contributed by atoms with Crippen molar-refractivity contribution in [1.29, 1.82) is 0 Å². The second-order valence-electron chi connectivity index (χ2n) is 7.03. The van der Waals surface area contributed by atoms with E-state index in [9.17, 15) is 9.90 Å². The van der Waals surface area contributed by atoms with E-state index < -0.39 is 11.6 Å². The summed E-state index contributed by atoms with van der Waals surface area (Å²) in [5.41, 5.74) is -1.72. The van der Waals surface area contributed by atoms with Crippen LogP contribution < -0.4 is 0 Å². The van der Waals surface area contributed by atoms with Crippen LogP contribution in [0.15, 0.2) is 35.0 Å². The second-order valence-corrected chi connectivity index (χ2v) is 8.92. The minimum atomic E-state index is -1.72. The molecule has 3 saturated heterocycles. The van der Waals surface area contributed by atoms with Gasteiger partial charge >= 0.3 is 5.97 Å². The number of epoxide rings is 1. The fourth-order valence-corrected chi connectivity index (χ4v) is 6.04. The normalized spacial score (nSPS) is 33.9. The molecule has 3 aliphatic heterocycles. The molecule has 0 spiro atoms. The molecule has 1 unspecified atom stereocenters. The highest BCUT2D eigenvalue weighted by molar-refractivity contribution is 7.12. The number of nitrogens with zero attached hydrogens (tertiary/aromatic N) is 1. The monoisotopic (exact) mass is 377 g/mol. The first kappa shape index (κ1) is 16.0. The van der Waals surface area contributed by atoms with E-state index in [1.54, 1.807) is 12.1 Å². The van der Waals surface area contributed by atoms with Gasteiger partial charge in [0.15, 0.2) is 0 Å². The van der Waals surface area contributed by atoms with Crippen LogP contribution in [0.3, 0.4) is 0 Å². The van der Waals surface area contributed by atoms with Crippen LogP contribution in [-0.4, -0.2) is 53.4 Å². The fourth-order valence-electron chi connectivity index (χ4n) is 4.32. The summed E-state index contributed by atoms with van der Waals surface area (Å²) < 4.78 is 11.5. The number of aliphatic hydroxyl groups is 1. The first-order chi connectivity index (χ1) is 12.1. The molecule has 25 heavy (non-hydrogen) atoms. The summed E-state index contributed by atoms with van der Waals surface area (Å²) in [5.74, 6) is -0.569. The molecular weight excluding hydrogens is 358 g/mol. The number of likely N-dealkylation sites (N-methyl/N-ethyl adjacent to an activating group) is 1. The van der Waals surface area contributed by atoms with Crippen LogP contribution in [-0.2, 0) is 19.9 Å². The Morgan fingerprint density at radius 2 is 1.76 bits per heavy atom. The van der Waals surface area contributed by atoms with Gasteiger partial charge in [0, 0.05) is 24.9 Å². The number of carbonyl (C=O) groups excluding carboxylic acids is 1. The number of thiophene rings is 2. The van der Waals surface area contributed by atoms with Gasteiger partial charge in [-0.2, -0.15) is 0 Å². The smallest absolute Gasteiger partial charge is 0.349 e. The van der Waals surface area contributed by atoms with Crippen molar-refractivity contribution in [1.82, 2.24) is 4.90 Å². The van der Waals surface area contributed by atoms with Gasteiger partial charge in [0.25, 0.3) is 0 Å². The predicted octanol–water partition coefficient (Wildman–Crippen LogP) is 2.20. The highest BCUT2D eigenvalue weighted by Crippen LogP contribution is 2.48. The van der Waals surface area contributed by atoms with Gasteiger partial charge in [-0.1, -0.05) is 12.1 Å². The molecular formula is C18H19NO4S2. The largest absolute Gasteiger partial charge is 0.460 e. The molecule has 132 valence electrons. The van der Waals surface area contributed by atoms with E-state index >= 15 is 0 Å². The van der Waals surface area contributed by atoms with Crippen molar-refractivity contribution in [3.8, 4) is 0 Å². The van der Waals surface area contributed by atoms with Crippen LogP contribution in [0.4, 0.5) is 0 Å². The Balaban J connectivity index is 1.39. The zero-order valence-corrected chi connectivity index (χ0v) is 15.3. The number of hydrogen-bond donors (Lipinski definition) is 1. The molecule has 0 amide bonds. The van der Waals surface area contributed by atoms with Gasteiger partial charge in [0.05, 0.1) is 9.75 Å². The Morgan fingerprint density at radius 1 is 1.20 bits per heavy atom. The van der Waals surface area contributed by atoms with Crippen molar-refractivity contribution < 1.29 is 19.4 Å². The lowest BCUT2D eigenvalue weighted by Crippen LogP contribution is -2.49. The van der Waals surface area contributed by atoms with E-state index in [1.165, 1.54) is 22.7 Å². The Labute approximate surface area is 153 Å². The van der Waals surface area contributed by atoms with Gasteiger partial charge < -0.3 is 14.6 Å². The molecule has 0 saturated carbocycles. The molecule has 2 aromatic heterocycles. The molecule has 7 heteroatoms. The quantitative estimate of drug-likeness (QED) is 0.654. The van der Waals surface area contributed by atoms with Crippen LogP contribution in [0.5, 0.6) is 0 Å². The molecule has 2 bridgehead atoms. The zero-order valence-electron chi connectivity index (χ0n) is 13.7. The van der Waals surface area contributed by atoms with Crippen molar-refractivity contribution in [2.45, 2.75) is 48.8 Å². The summed E-state index contributed by atoms with van der Waals surface area (Å²) in [6.45, 7) is 0. The van der Waals surface area contributed by atoms with E-state index in [4.69, 9.17) is 9.47 Å². The van der Waals surface area contributed by atoms with Crippen LogP contribution in [0.25, 0.3) is 0 Å². The number of ether oxygens (including phenoxy) is 2. The summed E-state index contributed by atoms with van der Waals surface area (Å²) in [7, 11) is 2.12. The summed E-state index contributed by atoms with van der Waals surface area (Å²) in [6, 6.07) is 7.88. The molecule has 5 heterocycles. The summed E-state index contributed by atoms with van der Waals surface area (Å²) in [5, 5.41) is 15.0. The number of esters is 1. The van der Waals surface area contributed by atoms with Crippen molar-refractivity contribution in [3.05, 3.63) is 44.8 Å². The number of fused-ring (bicyclic) bond motifs is 5. The first-order valence-corrected chi connectivity index (χ1v) is 10.2. The number of hydrogen-bond acceptors (Lipinski definition) is 7. The lowest BCUT2D eigenvalue weighted by Gasteiger charge is -2.38. The number of carbonyl (C=O) groups is 1. The van der Waals surface area contributed by atoms with Gasteiger partial charge in [-0.15, -0.1) is 22.7 Å². The SMILES string of the molecule is CN1[C@@H]2C[C@@H](OC(=O)C(O)(c3cccs3)c3cccs3)C[C@H]1[C@@H]1OC12. The highest BCUT2D eigenvalue weighted by atomic mass is 32.1. The molecule has 2 aromatic rings. The average Bonchev–Trinajstić information content (AvgIpc) is 2.97. The van der Waals surface area contributed by atoms with Crippen LogP contribution in [0, 0.1) is 0 Å². The van der Waals surface area contributed by atoms with Crippen molar-refractivity contribution in [2.75, 3.05) is 7.05 Å². The van der Waals surface area contributed by atoms with Crippen molar-refractivity contribution in [3.63, 3.8) is 0 Å². The van der Waals surface area contributed by atoms with E-state index in [0.717, 1.165) is 12.8 Å². The predicted molar refractivity (Wildman–Crippen MR) is 94.8 cm³/mol. The van der Waals surface area contributed by atoms with Gasteiger partial charge in [-0.05, 0) is 29.9 Å². The van der Waals surface area contributed by atoms with Crippen LogP contribution in [0.2, 0.25) is 0 Å². The highest BCUT2D eigenvalue weighted by Gasteiger charge is 2.63. The van der Waals surface area contributed by atoms with E-state index in [0.29, 0.717) is 34.0 Å². The maximum absolute atomic E-state index is 13.0. The Morgan fingerprint density at radius 3 is 2.24 bits per heavy atom. The number of piperidine rings is 1. The molecule has 1 N–H and O–H groups in total. The Kier molecular flexibility index (Phi) is 3.59. The minimum Gasteiger partial charge on any atom is -0.460 e. The lowest BCUT2D eigenvalue weighted by molar-refractivity contribution is -0.171. The summed E-state index contributed by atoms with van der Waals surface area (Å²) in [4.78, 5) is 16.6. The lowest BCUT2D eigenvalue weighted by atomic mass is 9.97. The standard InChI is InChI=1S/C18H19NO4S2/c1-19-11-8-10(9-12(19)16-15(11)23-16)22-17(20)18(21,13-4-2-6-24-13)14-5-3-7-25-14/h2-7,10-12,15-16,21H,8-9H2,1H3/t10-,11-,12+,15-,16?/m0/s1. The van der Waals surface area contributed by atoms with E-state index in [1.807, 2.05) is 22.9 Å². The van der Waals surface area contributed by atoms with E-state index in [2.05, 4.69) is 11.9 Å². The van der Waals surface area contributed by atoms with Crippen LogP contribution in [0.1, 0.15) is 22.6 Å². The first-order valence-electron chi connectivity index (χ1n) is 8.48. The van der Waals surface area contributed by atoms with Crippen molar-refractivity contribution in [2.24, 2.45) is 0 Å². The van der Waals surface area contributed by atoms with Gasteiger partial charge in [-0.3, -0.25) is 4.90 Å². The maximum atomic E-state index is 13.0. The molecule has 3 aliphatic rings. The average molecular weight is 377 g/mol. The van der Waals surface area contributed by atoms with Gasteiger partial charge in [0.2, 0.25) is 5.60 Å². The minimum absolute atomic E-state index is 0.165. The Bertz CT molecular complexity index is 723.